The topological polar surface area (TPSA) is 43.4 Å². The van der Waals surface area contributed by atoms with E-state index in [9.17, 15) is 34.8 Å². The molecular weight excluding hydrogens is 361 g/mol. The van der Waals surface area contributed by atoms with Crippen LogP contribution in [0.1, 0.15) is 5.56 Å². The minimum atomic E-state index is -6.03. The van der Waals surface area contributed by atoms with Gasteiger partial charge in [-0.15, -0.1) is 0 Å². The molecule has 3 nitrogen and oxygen atoms in total. The van der Waals surface area contributed by atoms with Crippen LogP contribution in [0.2, 0.25) is 10.0 Å². The van der Waals surface area contributed by atoms with Crippen molar-refractivity contribution in [1.29, 1.82) is 0 Å². The SMILES string of the molecule is O=S(=O)(Oc1cc(Cl)c(C(F)(F)F)c(Cl)c1)C(F)(F)F. The predicted molar refractivity (Wildman–Crippen MR) is 57.1 cm³/mol. The van der Waals surface area contributed by atoms with Crippen molar-refractivity contribution >= 4 is 33.3 Å². The van der Waals surface area contributed by atoms with Crippen molar-refractivity contribution in [1.82, 2.24) is 0 Å². The molecule has 0 heterocycles. The molecule has 114 valence electrons. The first-order valence-corrected chi connectivity index (χ1v) is 6.49. The molecule has 0 aliphatic carbocycles. The minimum Gasteiger partial charge on any atom is -0.376 e. The number of hydrogen-bond donors (Lipinski definition) is 0. The third-order valence-electron chi connectivity index (χ3n) is 1.79. The van der Waals surface area contributed by atoms with Gasteiger partial charge in [0, 0.05) is 12.1 Å². The number of rotatable bonds is 2. The van der Waals surface area contributed by atoms with Gasteiger partial charge < -0.3 is 4.18 Å². The summed E-state index contributed by atoms with van der Waals surface area (Å²) in [6, 6.07) is 0.527. The van der Waals surface area contributed by atoms with Crippen LogP contribution in [0.3, 0.4) is 0 Å². The van der Waals surface area contributed by atoms with Crippen LogP contribution in [0, 0.1) is 0 Å². The molecule has 0 N–H and O–H groups in total. The average Bonchev–Trinajstić information content (AvgIpc) is 2.09. The molecule has 20 heavy (non-hydrogen) atoms. The molecule has 0 aliphatic rings. The molecule has 1 aromatic carbocycles. The van der Waals surface area contributed by atoms with Gasteiger partial charge in [0.2, 0.25) is 0 Å². The quantitative estimate of drug-likeness (QED) is 0.449. The fraction of sp³-hybridized carbons (Fsp3) is 0.250. The van der Waals surface area contributed by atoms with Crippen LogP contribution in [0.15, 0.2) is 12.1 Å². The summed E-state index contributed by atoms with van der Waals surface area (Å²) in [7, 11) is -6.03. The van der Waals surface area contributed by atoms with E-state index in [1.165, 1.54) is 0 Å². The van der Waals surface area contributed by atoms with Crippen LogP contribution in [0.4, 0.5) is 26.3 Å². The molecule has 0 saturated heterocycles. The Labute approximate surface area is 118 Å². The molecule has 1 rings (SSSR count). The second kappa shape index (κ2) is 5.15. The number of hydrogen-bond acceptors (Lipinski definition) is 3. The van der Waals surface area contributed by atoms with Crippen LogP contribution in [0.5, 0.6) is 5.75 Å². The Hall–Kier alpha value is -0.870. The first-order chi connectivity index (χ1) is 8.75. The van der Waals surface area contributed by atoms with E-state index in [4.69, 9.17) is 23.2 Å². The smallest absolute Gasteiger partial charge is 0.376 e. The molecule has 0 aliphatic heterocycles. The van der Waals surface area contributed by atoms with Crippen LogP contribution >= 0.6 is 23.2 Å². The van der Waals surface area contributed by atoms with Crippen LogP contribution < -0.4 is 4.18 Å². The Kier molecular flexibility index (Phi) is 4.43. The summed E-state index contributed by atoms with van der Waals surface area (Å²) >= 11 is 10.4. The van der Waals surface area contributed by atoms with Gasteiger partial charge in [0.1, 0.15) is 5.75 Å². The normalized spacial score (nSPS) is 13.4. The number of halogens is 8. The molecule has 0 spiro atoms. The summed E-state index contributed by atoms with van der Waals surface area (Å²) in [6.07, 6.45) is -4.96. The zero-order valence-electron chi connectivity index (χ0n) is 8.81. The number of benzene rings is 1. The highest BCUT2D eigenvalue weighted by Crippen LogP contribution is 2.42. The van der Waals surface area contributed by atoms with E-state index in [1.54, 1.807) is 0 Å². The molecule has 0 aromatic heterocycles. The summed E-state index contributed by atoms with van der Waals surface area (Å²) in [4.78, 5) is 0. The van der Waals surface area contributed by atoms with Crippen molar-refractivity contribution in [3.8, 4) is 5.75 Å². The van der Waals surface area contributed by atoms with Crippen LogP contribution in [-0.2, 0) is 16.3 Å². The zero-order valence-corrected chi connectivity index (χ0v) is 11.1. The summed E-state index contributed by atoms with van der Waals surface area (Å²) in [5.41, 5.74) is -7.26. The van der Waals surface area contributed by atoms with Crippen LogP contribution in [0.25, 0.3) is 0 Å². The van der Waals surface area contributed by atoms with Crippen molar-refractivity contribution in [3.05, 3.63) is 27.7 Å². The van der Waals surface area contributed by atoms with Crippen molar-refractivity contribution in [3.63, 3.8) is 0 Å². The second-order valence-corrected chi connectivity index (χ2v) is 5.60. The highest BCUT2D eigenvalue weighted by molar-refractivity contribution is 7.88. The molecular formula is C8H2Cl2F6O3S. The largest absolute Gasteiger partial charge is 0.534 e. The molecule has 0 fully saturated rings. The summed E-state index contributed by atoms with van der Waals surface area (Å²) in [5, 5.41) is -2.20. The van der Waals surface area contributed by atoms with E-state index in [0.29, 0.717) is 0 Å². The molecule has 0 unspecified atom stereocenters. The van der Waals surface area contributed by atoms with Gasteiger partial charge in [-0.1, -0.05) is 23.2 Å². The van der Waals surface area contributed by atoms with E-state index in [1.807, 2.05) is 0 Å². The lowest BCUT2D eigenvalue weighted by molar-refractivity contribution is -0.137. The van der Waals surface area contributed by atoms with E-state index >= 15 is 0 Å². The lowest BCUT2D eigenvalue weighted by atomic mass is 10.2. The van der Waals surface area contributed by atoms with Gasteiger partial charge >= 0.3 is 21.8 Å². The highest BCUT2D eigenvalue weighted by atomic mass is 35.5. The van der Waals surface area contributed by atoms with Gasteiger partial charge in [-0.25, -0.2) is 0 Å². The second-order valence-electron chi connectivity index (χ2n) is 3.24. The Morgan fingerprint density at radius 1 is 0.950 bits per heavy atom. The molecule has 0 radical (unpaired) electrons. The van der Waals surface area contributed by atoms with Crippen molar-refractivity contribution in [2.75, 3.05) is 0 Å². The van der Waals surface area contributed by atoms with Crippen molar-refractivity contribution in [2.45, 2.75) is 11.7 Å². The molecule has 0 saturated carbocycles. The molecule has 0 atom stereocenters. The van der Waals surface area contributed by atoms with Gasteiger partial charge in [-0.3, -0.25) is 0 Å². The summed E-state index contributed by atoms with van der Waals surface area (Å²) in [6.45, 7) is 0. The third-order valence-corrected chi connectivity index (χ3v) is 3.36. The standard InChI is InChI=1S/C8H2Cl2F6O3S/c9-4-1-3(19-20(17,18)8(14,15)16)2-5(10)6(4)7(11,12)13/h1-2H. The zero-order chi connectivity index (χ0) is 15.9. The van der Waals surface area contributed by atoms with Gasteiger partial charge in [-0.2, -0.15) is 34.8 Å². The Morgan fingerprint density at radius 2 is 1.35 bits per heavy atom. The van der Waals surface area contributed by atoms with Gasteiger partial charge in [0.25, 0.3) is 0 Å². The first-order valence-electron chi connectivity index (χ1n) is 4.32. The lowest BCUT2D eigenvalue weighted by Crippen LogP contribution is -2.28. The maximum absolute atomic E-state index is 12.5. The molecule has 1 aromatic rings. The highest BCUT2D eigenvalue weighted by Gasteiger charge is 2.48. The van der Waals surface area contributed by atoms with E-state index in [0.717, 1.165) is 0 Å². The fourth-order valence-electron chi connectivity index (χ4n) is 1.04. The fourth-order valence-corrected chi connectivity index (χ4v) is 2.17. The molecule has 12 heteroatoms. The van der Waals surface area contributed by atoms with E-state index in [2.05, 4.69) is 4.18 Å². The Balaban J connectivity index is 3.27. The van der Waals surface area contributed by atoms with Crippen molar-refractivity contribution in [2.24, 2.45) is 0 Å². The van der Waals surface area contributed by atoms with Crippen molar-refractivity contribution < 1.29 is 38.9 Å². The van der Waals surface area contributed by atoms with E-state index in [-0.39, 0.29) is 12.1 Å². The average molecular weight is 363 g/mol. The van der Waals surface area contributed by atoms with Crippen LogP contribution in [-0.4, -0.2) is 13.9 Å². The van der Waals surface area contributed by atoms with E-state index < -0.39 is 43.2 Å². The number of alkyl halides is 6. The Morgan fingerprint density at radius 3 is 1.65 bits per heavy atom. The maximum Gasteiger partial charge on any atom is 0.534 e. The minimum absolute atomic E-state index is 0.263. The Bertz CT molecular complexity index is 599. The first kappa shape index (κ1) is 17.2. The van der Waals surface area contributed by atoms with Gasteiger partial charge in [0.15, 0.2) is 0 Å². The summed E-state index contributed by atoms with van der Waals surface area (Å²) < 4.78 is 98.4. The maximum atomic E-state index is 12.5. The monoisotopic (exact) mass is 362 g/mol. The molecule has 0 bridgehead atoms. The summed E-state index contributed by atoms with van der Waals surface area (Å²) in [5.74, 6) is -1.09. The third kappa shape index (κ3) is 3.61. The molecule has 0 amide bonds. The van der Waals surface area contributed by atoms with Gasteiger partial charge in [0.05, 0.1) is 15.6 Å². The lowest BCUT2D eigenvalue weighted by Gasteiger charge is -2.14. The van der Waals surface area contributed by atoms with Gasteiger partial charge in [-0.05, 0) is 0 Å². The predicted octanol–water partition coefficient (Wildman–Crippen LogP) is 4.24.